The van der Waals surface area contributed by atoms with Crippen molar-refractivity contribution in [3.63, 3.8) is 0 Å². The van der Waals surface area contributed by atoms with Crippen molar-refractivity contribution in [2.75, 3.05) is 6.54 Å². The van der Waals surface area contributed by atoms with E-state index in [0.29, 0.717) is 18.1 Å². The van der Waals surface area contributed by atoms with Crippen molar-refractivity contribution in [3.05, 3.63) is 23.7 Å². The Kier molecular flexibility index (Phi) is 3.52. The molecule has 4 heteroatoms. The van der Waals surface area contributed by atoms with Crippen LogP contribution in [0.2, 0.25) is 0 Å². The van der Waals surface area contributed by atoms with Crippen LogP contribution in [-0.2, 0) is 6.42 Å². The standard InChI is InChI=1S/C9H15N3O/c1-3-7-5-6-8(13-7)9(12-10)11-4-2/h5-6H,3-4,10H2,1-2H3,(H,11,12). The number of nitrogens with two attached hydrogens (primary N) is 1. The van der Waals surface area contributed by atoms with Gasteiger partial charge >= 0.3 is 0 Å². The summed E-state index contributed by atoms with van der Waals surface area (Å²) in [4.78, 5) is 4.15. The van der Waals surface area contributed by atoms with Crippen LogP contribution in [0.3, 0.4) is 0 Å². The number of nitrogens with one attached hydrogen (secondary N) is 1. The van der Waals surface area contributed by atoms with Gasteiger partial charge in [-0.05, 0) is 19.1 Å². The molecule has 0 spiro atoms. The minimum Gasteiger partial charge on any atom is -0.458 e. The molecule has 0 aliphatic heterocycles. The first-order chi connectivity index (χ1) is 6.31. The topological polar surface area (TPSA) is 63.5 Å². The Morgan fingerprint density at radius 2 is 2.31 bits per heavy atom. The Hall–Kier alpha value is -1.29. The highest BCUT2D eigenvalue weighted by Gasteiger charge is 2.05. The van der Waals surface area contributed by atoms with Crippen LogP contribution >= 0.6 is 0 Å². The Bertz CT molecular complexity index is 291. The van der Waals surface area contributed by atoms with E-state index in [9.17, 15) is 0 Å². The van der Waals surface area contributed by atoms with Gasteiger partial charge in [0.1, 0.15) is 5.76 Å². The van der Waals surface area contributed by atoms with Crippen molar-refractivity contribution < 1.29 is 4.42 Å². The maximum atomic E-state index is 5.47. The van der Waals surface area contributed by atoms with E-state index >= 15 is 0 Å². The third-order valence-corrected chi connectivity index (χ3v) is 1.70. The highest BCUT2D eigenvalue weighted by Crippen LogP contribution is 2.08. The summed E-state index contributed by atoms with van der Waals surface area (Å²) in [5, 5.41) is 0. The quantitative estimate of drug-likeness (QED) is 0.317. The molecule has 0 saturated heterocycles. The molecule has 0 radical (unpaired) electrons. The number of furan rings is 1. The van der Waals surface area contributed by atoms with Crippen LogP contribution in [-0.4, -0.2) is 12.4 Å². The smallest absolute Gasteiger partial charge is 0.179 e. The molecule has 13 heavy (non-hydrogen) atoms. The lowest BCUT2D eigenvalue weighted by atomic mass is 10.3. The van der Waals surface area contributed by atoms with E-state index in [1.807, 2.05) is 26.0 Å². The van der Waals surface area contributed by atoms with Gasteiger partial charge in [0.15, 0.2) is 11.6 Å². The number of hydrogen-bond acceptors (Lipinski definition) is 3. The van der Waals surface area contributed by atoms with Crippen molar-refractivity contribution in [2.24, 2.45) is 10.8 Å². The van der Waals surface area contributed by atoms with Crippen molar-refractivity contribution in [3.8, 4) is 0 Å². The van der Waals surface area contributed by atoms with Crippen LogP contribution in [0, 0.1) is 0 Å². The van der Waals surface area contributed by atoms with E-state index in [1.54, 1.807) is 0 Å². The maximum absolute atomic E-state index is 5.47. The molecule has 1 rings (SSSR count). The molecule has 0 aliphatic rings. The van der Waals surface area contributed by atoms with Crippen LogP contribution in [0.25, 0.3) is 0 Å². The Labute approximate surface area is 77.8 Å². The highest BCUT2D eigenvalue weighted by molar-refractivity contribution is 5.95. The van der Waals surface area contributed by atoms with Crippen LogP contribution in [0.15, 0.2) is 21.5 Å². The number of nitrogens with zero attached hydrogens (tertiary/aromatic N) is 1. The van der Waals surface area contributed by atoms with E-state index in [0.717, 1.165) is 12.2 Å². The lowest BCUT2D eigenvalue weighted by molar-refractivity contribution is 0.505. The van der Waals surface area contributed by atoms with Crippen molar-refractivity contribution in [1.29, 1.82) is 0 Å². The van der Waals surface area contributed by atoms with E-state index in [2.05, 4.69) is 10.4 Å². The second-order valence-corrected chi connectivity index (χ2v) is 2.59. The number of hydrogen-bond donors (Lipinski definition) is 2. The zero-order valence-corrected chi connectivity index (χ0v) is 8.00. The van der Waals surface area contributed by atoms with Crippen molar-refractivity contribution in [1.82, 2.24) is 5.43 Å². The van der Waals surface area contributed by atoms with Crippen LogP contribution in [0.5, 0.6) is 0 Å². The minimum absolute atomic E-state index is 0.599. The summed E-state index contributed by atoms with van der Waals surface area (Å²) in [5.74, 6) is 7.53. The normalized spacial score (nSPS) is 11.8. The van der Waals surface area contributed by atoms with Gasteiger partial charge < -0.3 is 9.84 Å². The molecule has 72 valence electrons. The van der Waals surface area contributed by atoms with Crippen LogP contribution in [0.1, 0.15) is 25.4 Å². The molecule has 1 aromatic rings. The van der Waals surface area contributed by atoms with E-state index in [4.69, 9.17) is 10.3 Å². The second kappa shape index (κ2) is 4.67. The highest BCUT2D eigenvalue weighted by atomic mass is 16.3. The van der Waals surface area contributed by atoms with Crippen molar-refractivity contribution in [2.45, 2.75) is 20.3 Å². The van der Waals surface area contributed by atoms with Gasteiger partial charge in [-0.1, -0.05) is 6.92 Å². The summed E-state index contributed by atoms with van der Waals surface area (Å²) in [6.45, 7) is 4.66. The fourth-order valence-electron chi connectivity index (χ4n) is 1.05. The van der Waals surface area contributed by atoms with Crippen LogP contribution < -0.4 is 11.3 Å². The summed E-state index contributed by atoms with van der Waals surface area (Å²) >= 11 is 0. The molecule has 3 N–H and O–H groups in total. The van der Waals surface area contributed by atoms with Gasteiger partial charge in [0.2, 0.25) is 0 Å². The van der Waals surface area contributed by atoms with Crippen molar-refractivity contribution >= 4 is 5.84 Å². The molecule has 1 heterocycles. The predicted octanol–water partition coefficient (Wildman–Crippen LogP) is 1.07. The van der Waals surface area contributed by atoms with E-state index < -0.39 is 0 Å². The fraction of sp³-hybridized carbons (Fsp3) is 0.444. The molecule has 0 fully saturated rings. The van der Waals surface area contributed by atoms with Gasteiger partial charge in [0, 0.05) is 13.0 Å². The molecule has 4 nitrogen and oxygen atoms in total. The average molecular weight is 181 g/mol. The molecule has 0 aromatic carbocycles. The van der Waals surface area contributed by atoms with Crippen LogP contribution in [0.4, 0.5) is 0 Å². The largest absolute Gasteiger partial charge is 0.458 e. The summed E-state index contributed by atoms with van der Waals surface area (Å²) in [6, 6.07) is 3.80. The molecule has 0 amide bonds. The minimum atomic E-state index is 0.599. The molecule has 0 saturated carbocycles. The predicted molar refractivity (Wildman–Crippen MR) is 52.5 cm³/mol. The molecule has 0 aliphatic carbocycles. The van der Waals surface area contributed by atoms with Gasteiger partial charge in [0.25, 0.3) is 0 Å². The number of rotatable bonds is 3. The molecular weight excluding hydrogens is 166 g/mol. The third kappa shape index (κ3) is 2.32. The van der Waals surface area contributed by atoms with E-state index in [-0.39, 0.29) is 0 Å². The molecule has 0 atom stereocenters. The monoisotopic (exact) mass is 181 g/mol. The average Bonchev–Trinajstić information content (AvgIpc) is 2.62. The number of aliphatic imine (C=N–C) groups is 1. The van der Waals surface area contributed by atoms with Gasteiger partial charge in [-0.3, -0.25) is 4.99 Å². The summed E-state index contributed by atoms with van der Waals surface area (Å²) < 4.78 is 5.47. The molecule has 1 aromatic heterocycles. The van der Waals surface area contributed by atoms with E-state index in [1.165, 1.54) is 0 Å². The fourth-order valence-corrected chi connectivity index (χ4v) is 1.05. The molecular formula is C9H15N3O. The Morgan fingerprint density at radius 1 is 1.54 bits per heavy atom. The Balaban J connectivity index is 2.85. The third-order valence-electron chi connectivity index (χ3n) is 1.70. The number of hydrazine groups is 1. The first-order valence-electron chi connectivity index (χ1n) is 4.42. The molecule has 0 bridgehead atoms. The maximum Gasteiger partial charge on any atom is 0.179 e. The van der Waals surface area contributed by atoms with Gasteiger partial charge in [-0.25, -0.2) is 5.84 Å². The first-order valence-corrected chi connectivity index (χ1v) is 4.42. The Morgan fingerprint density at radius 3 is 2.77 bits per heavy atom. The van der Waals surface area contributed by atoms with Gasteiger partial charge in [-0.15, -0.1) is 0 Å². The SMILES string of the molecule is CCN=C(NN)c1ccc(CC)o1. The zero-order valence-electron chi connectivity index (χ0n) is 8.00. The summed E-state index contributed by atoms with van der Waals surface area (Å²) in [5.41, 5.74) is 2.51. The second-order valence-electron chi connectivity index (χ2n) is 2.59. The van der Waals surface area contributed by atoms with Gasteiger partial charge in [-0.2, -0.15) is 0 Å². The summed E-state index contributed by atoms with van der Waals surface area (Å²) in [7, 11) is 0. The summed E-state index contributed by atoms with van der Waals surface area (Å²) in [6.07, 6.45) is 0.879. The lowest BCUT2D eigenvalue weighted by Crippen LogP contribution is -2.30. The first kappa shape index (κ1) is 9.80. The number of amidine groups is 1. The molecule has 0 unspecified atom stereocenters. The van der Waals surface area contributed by atoms with Gasteiger partial charge in [0.05, 0.1) is 0 Å². The number of aryl methyl sites for hydroxylation is 1. The zero-order chi connectivity index (χ0) is 9.68. The lowest BCUT2D eigenvalue weighted by Gasteiger charge is -2.00.